The molecule has 1 aromatic carbocycles. The Hall–Kier alpha value is -1.82. The van der Waals surface area contributed by atoms with Gasteiger partial charge in [-0.2, -0.15) is 0 Å². The molecule has 0 radical (unpaired) electrons. The van der Waals surface area contributed by atoms with Gasteiger partial charge in [0.15, 0.2) is 5.84 Å². The lowest BCUT2D eigenvalue weighted by molar-refractivity contribution is -0.129. The molecule has 2 unspecified atom stereocenters. The van der Waals surface area contributed by atoms with Gasteiger partial charge in [0, 0.05) is 6.54 Å². The van der Waals surface area contributed by atoms with Crippen molar-refractivity contribution in [2.24, 2.45) is 16.1 Å². The average Bonchev–Trinajstić information content (AvgIpc) is 3.24. The number of benzene rings is 1. The van der Waals surface area contributed by atoms with Crippen LogP contribution in [0, 0.1) is 11.7 Å². The number of halogens is 2. The number of aliphatic hydroxyl groups is 3. The molecule has 4 N–H and O–H groups in total. The first-order valence-corrected chi connectivity index (χ1v) is 9.97. The predicted octanol–water partition coefficient (Wildman–Crippen LogP) is 0.589. The second-order valence-electron chi connectivity index (χ2n) is 7.87. The van der Waals surface area contributed by atoms with Crippen molar-refractivity contribution < 1.29 is 29.3 Å². The number of hydrogen-bond donors (Lipinski definition) is 4. The molecule has 3 aliphatic heterocycles. The Bertz CT molecular complexity index is 869. The first kappa shape index (κ1) is 21.4. The number of fused-ring (bicyclic) bond motifs is 1. The third kappa shape index (κ3) is 3.47. The molecule has 0 aliphatic carbocycles. The smallest absolute Gasteiger partial charge is 0.175 e. The average molecular weight is 443 g/mol. The van der Waals surface area contributed by atoms with Crippen LogP contribution >= 0.6 is 11.6 Å². The summed E-state index contributed by atoms with van der Waals surface area (Å²) >= 11 is 5.71. The number of nitrogens with zero attached hydrogens (tertiary/aromatic N) is 3. The summed E-state index contributed by atoms with van der Waals surface area (Å²) in [6.07, 6.45) is -2.90. The molecule has 0 saturated carbocycles. The number of rotatable bonds is 4. The number of aliphatic imine (C=N–C) groups is 1. The molecular formula is C19H24ClFN4O5. The molecule has 7 atom stereocenters. The zero-order valence-corrected chi connectivity index (χ0v) is 17.2. The zero-order chi connectivity index (χ0) is 21.6. The number of aliphatic hydroxyl groups excluding tert-OH is 2. The Kier molecular flexibility index (Phi) is 5.73. The van der Waals surface area contributed by atoms with Crippen molar-refractivity contribution in [2.45, 2.75) is 49.7 Å². The lowest BCUT2D eigenvalue weighted by atomic mass is 9.88. The van der Waals surface area contributed by atoms with Crippen LogP contribution in [0.2, 0.25) is 5.02 Å². The summed E-state index contributed by atoms with van der Waals surface area (Å²) in [5.41, 5.74) is -1.60. The van der Waals surface area contributed by atoms with Crippen LogP contribution < -0.4 is 5.32 Å². The van der Waals surface area contributed by atoms with Gasteiger partial charge in [-0.1, -0.05) is 22.8 Å². The molecule has 0 bridgehead atoms. The SMILES string of the molecule is CO/N=C1/N=CNC2C1CCN2[C@@H]1O[C@H]([C@H](O)c2ccc(Cl)c(F)c2)[C@@](C)(O)[C@H]1O. The second-order valence-corrected chi connectivity index (χ2v) is 8.28. The molecule has 0 amide bonds. The fraction of sp³-hybridized carbons (Fsp3) is 0.579. The maximum absolute atomic E-state index is 13.9. The monoisotopic (exact) mass is 442 g/mol. The van der Waals surface area contributed by atoms with Crippen molar-refractivity contribution in [3.8, 4) is 0 Å². The normalized spacial score (nSPS) is 38.5. The van der Waals surface area contributed by atoms with Gasteiger partial charge in [-0.15, -0.1) is 0 Å². The van der Waals surface area contributed by atoms with Gasteiger partial charge >= 0.3 is 0 Å². The van der Waals surface area contributed by atoms with E-state index in [4.69, 9.17) is 21.2 Å². The highest BCUT2D eigenvalue weighted by Gasteiger charge is 2.59. The van der Waals surface area contributed by atoms with Crippen LogP contribution in [0.25, 0.3) is 0 Å². The Balaban J connectivity index is 1.57. The van der Waals surface area contributed by atoms with E-state index in [2.05, 4.69) is 15.5 Å². The van der Waals surface area contributed by atoms with Gasteiger partial charge in [0.1, 0.15) is 43.1 Å². The molecule has 2 saturated heterocycles. The summed E-state index contributed by atoms with van der Waals surface area (Å²) in [5.74, 6) is -0.262. The van der Waals surface area contributed by atoms with E-state index >= 15 is 0 Å². The number of amidine groups is 1. The molecule has 3 heterocycles. The minimum Gasteiger partial charge on any atom is -0.398 e. The van der Waals surface area contributed by atoms with E-state index in [9.17, 15) is 19.7 Å². The van der Waals surface area contributed by atoms with Crippen LogP contribution in [0.1, 0.15) is 25.0 Å². The van der Waals surface area contributed by atoms with Crippen LogP contribution in [0.15, 0.2) is 28.3 Å². The molecule has 3 aliphatic rings. The van der Waals surface area contributed by atoms with Gasteiger partial charge in [-0.3, -0.25) is 4.90 Å². The molecule has 9 nitrogen and oxygen atoms in total. The van der Waals surface area contributed by atoms with Gasteiger partial charge in [-0.25, -0.2) is 9.38 Å². The number of nitrogens with one attached hydrogen (secondary N) is 1. The number of hydrogen-bond acceptors (Lipinski definition) is 8. The summed E-state index contributed by atoms with van der Waals surface area (Å²) in [4.78, 5) is 10.9. The van der Waals surface area contributed by atoms with Gasteiger partial charge in [0.2, 0.25) is 0 Å². The zero-order valence-electron chi connectivity index (χ0n) is 16.4. The summed E-state index contributed by atoms with van der Waals surface area (Å²) in [6, 6.07) is 3.86. The summed E-state index contributed by atoms with van der Waals surface area (Å²) in [6.45, 7) is 1.92. The second kappa shape index (κ2) is 8.03. The molecule has 1 aromatic rings. The van der Waals surface area contributed by atoms with Gasteiger partial charge < -0.3 is 30.2 Å². The quantitative estimate of drug-likeness (QED) is 0.504. The highest BCUT2D eigenvalue weighted by Crippen LogP contribution is 2.42. The van der Waals surface area contributed by atoms with Crippen molar-refractivity contribution in [1.29, 1.82) is 0 Å². The van der Waals surface area contributed by atoms with E-state index in [-0.39, 0.29) is 22.7 Å². The molecule has 30 heavy (non-hydrogen) atoms. The Morgan fingerprint density at radius 3 is 2.97 bits per heavy atom. The Labute approximate surface area is 177 Å². The third-order valence-electron chi connectivity index (χ3n) is 6.03. The number of ether oxygens (including phenoxy) is 1. The fourth-order valence-corrected chi connectivity index (χ4v) is 4.51. The lowest BCUT2D eigenvalue weighted by Crippen LogP contribution is -2.56. The predicted molar refractivity (Wildman–Crippen MR) is 106 cm³/mol. The van der Waals surface area contributed by atoms with Crippen molar-refractivity contribution in [3.63, 3.8) is 0 Å². The standard InChI is InChI=1S/C19H24ClFN4O5/c1-19(28)14(27)18(25-6-5-10-16(24-29-2)22-8-23-17(10)25)30-15(19)13(26)9-3-4-11(20)12(21)7-9/h3-4,7-8,10,13-15,17-18,26-28H,5-6H2,1-2H3,(H,22,23,24)/t10?,13-,14+,15-,17?,18-,19+/m1/s1. The molecule has 0 aromatic heterocycles. The minimum atomic E-state index is -1.79. The number of oxime groups is 1. The molecule has 11 heteroatoms. The van der Waals surface area contributed by atoms with Crippen LogP contribution in [-0.4, -0.2) is 76.3 Å². The van der Waals surface area contributed by atoms with Crippen LogP contribution in [0.3, 0.4) is 0 Å². The van der Waals surface area contributed by atoms with E-state index in [1.807, 2.05) is 4.90 Å². The van der Waals surface area contributed by atoms with Gasteiger partial charge in [0.25, 0.3) is 0 Å². The van der Waals surface area contributed by atoms with E-state index < -0.39 is 36.0 Å². The van der Waals surface area contributed by atoms with Gasteiger partial charge in [0.05, 0.1) is 23.4 Å². The lowest BCUT2D eigenvalue weighted by Gasteiger charge is -2.35. The Morgan fingerprint density at radius 1 is 1.50 bits per heavy atom. The minimum absolute atomic E-state index is 0.0790. The van der Waals surface area contributed by atoms with Crippen molar-refractivity contribution >= 4 is 23.8 Å². The largest absolute Gasteiger partial charge is 0.398 e. The van der Waals surface area contributed by atoms with Crippen LogP contribution in [0.4, 0.5) is 4.39 Å². The van der Waals surface area contributed by atoms with E-state index in [0.717, 1.165) is 6.07 Å². The maximum Gasteiger partial charge on any atom is 0.175 e. The van der Waals surface area contributed by atoms with E-state index in [1.54, 1.807) is 0 Å². The Morgan fingerprint density at radius 2 is 2.27 bits per heavy atom. The van der Waals surface area contributed by atoms with Crippen molar-refractivity contribution in [3.05, 3.63) is 34.6 Å². The summed E-state index contributed by atoms with van der Waals surface area (Å²) < 4.78 is 19.8. The maximum atomic E-state index is 13.9. The van der Waals surface area contributed by atoms with Crippen LogP contribution in [-0.2, 0) is 9.57 Å². The molecular weight excluding hydrogens is 419 g/mol. The molecule has 2 fully saturated rings. The van der Waals surface area contributed by atoms with Gasteiger partial charge in [-0.05, 0) is 31.0 Å². The molecule has 164 valence electrons. The third-order valence-corrected chi connectivity index (χ3v) is 6.33. The molecule has 4 rings (SSSR count). The topological polar surface area (TPSA) is 119 Å². The fourth-order valence-electron chi connectivity index (χ4n) is 4.39. The summed E-state index contributed by atoms with van der Waals surface area (Å²) in [5, 5.41) is 39.6. The summed E-state index contributed by atoms with van der Waals surface area (Å²) in [7, 11) is 1.44. The van der Waals surface area contributed by atoms with E-state index in [0.29, 0.717) is 18.8 Å². The molecule has 0 spiro atoms. The van der Waals surface area contributed by atoms with Crippen LogP contribution in [0.5, 0.6) is 0 Å². The first-order chi connectivity index (χ1) is 14.3. The van der Waals surface area contributed by atoms with Crippen molar-refractivity contribution in [1.82, 2.24) is 10.2 Å². The number of likely N-dealkylation sites (tertiary alicyclic amines) is 1. The van der Waals surface area contributed by atoms with E-state index in [1.165, 1.54) is 32.5 Å². The highest BCUT2D eigenvalue weighted by atomic mass is 35.5. The first-order valence-electron chi connectivity index (χ1n) is 9.60. The van der Waals surface area contributed by atoms with Crippen molar-refractivity contribution in [2.75, 3.05) is 13.7 Å². The highest BCUT2D eigenvalue weighted by molar-refractivity contribution is 6.30.